The van der Waals surface area contributed by atoms with Gasteiger partial charge in [0.2, 0.25) is 5.91 Å². The van der Waals surface area contributed by atoms with Crippen molar-refractivity contribution in [2.45, 2.75) is 17.6 Å². The Hall–Kier alpha value is -1.44. The summed E-state index contributed by atoms with van der Waals surface area (Å²) in [5.41, 5.74) is 0. The van der Waals surface area contributed by atoms with E-state index >= 15 is 0 Å². The number of carbonyl (C=O) groups excluding carboxylic acids is 2. The first kappa shape index (κ1) is 14.6. The molecule has 1 rings (SSSR count). The minimum atomic E-state index is -1.12. The lowest BCUT2D eigenvalue weighted by Crippen LogP contribution is -2.44. The first-order chi connectivity index (χ1) is 8.47. The van der Waals surface area contributed by atoms with Crippen molar-refractivity contribution in [2.75, 3.05) is 25.9 Å². The molecule has 0 aromatic rings. The zero-order valence-electron chi connectivity index (χ0n) is 10.1. The lowest BCUT2D eigenvalue weighted by atomic mass is 10.4. The van der Waals surface area contributed by atoms with Crippen molar-refractivity contribution >= 4 is 29.7 Å². The molecule has 0 bridgehead atoms. The van der Waals surface area contributed by atoms with Crippen LogP contribution in [0.2, 0.25) is 0 Å². The Morgan fingerprint density at radius 3 is 2.33 bits per heavy atom. The second-order valence-corrected chi connectivity index (χ2v) is 5.37. The Morgan fingerprint density at radius 2 is 1.83 bits per heavy atom. The summed E-state index contributed by atoms with van der Waals surface area (Å²) in [6.07, 6.45) is 4.19. The number of carbonyl (C=O) groups is 3. The highest BCUT2D eigenvalue weighted by Crippen LogP contribution is 2.46. The Kier molecular flexibility index (Phi) is 5.26. The molecule has 0 heterocycles. The molecule has 1 aliphatic rings. The number of amides is 3. The van der Waals surface area contributed by atoms with E-state index in [2.05, 4.69) is 16.0 Å². The number of aliphatic carboxylic acids is 1. The van der Waals surface area contributed by atoms with Crippen LogP contribution in [0.25, 0.3) is 0 Å². The van der Waals surface area contributed by atoms with E-state index in [1.54, 1.807) is 11.8 Å². The average Bonchev–Trinajstić information content (AvgIpc) is 3.12. The van der Waals surface area contributed by atoms with Crippen LogP contribution in [0.15, 0.2) is 0 Å². The van der Waals surface area contributed by atoms with Crippen molar-refractivity contribution in [1.82, 2.24) is 16.0 Å². The number of carboxylic acid groups (broad SMARTS) is 1. The summed E-state index contributed by atoms with van der Waals surface area (Å²) in [6, 6.07) is -0.416. The third-order valence-electron chi connectivity index (χ3n) is 2.66. The maximum Gasteiger partial charge on any atom is 0.322 e. The van der Waals surface area contributed by atoms with Gasteiger partial charge in [-0.15, -0.1) is 0 Å². The molecule has 0 aromatic heterocycles. The number of nitrogens with one attached hydrogen (secondary N) is 3. The maximum atomic E-state index is 11.3. The van der Waals surface area contributed by atoms with Gasteiger partial charge < -0.3 is 21.1 Å². The molecule has 3 amide bonds. The monoisotopic (exact) mass is 275 g/mol. The van der Waals surface area contributed by atoms with Crippen molar-refractivity contribution in [3.05, 3.63) is 0 Å². The zero-order valence-corrected chi connectivity index (χ0v) is 10.9. The van der Waals surface area contributed by atoms with E-state index in [9.17, 15) is 14.4 Å². The van der Waals surface area contributed by atoms with E-state index in [0.29, 0.717) is 6.54 Å². The predicted octanol–water partition coefficient (Wildman–Crippen LogP) is -0.618. The number of hydrogen-bond donors (Lipinski definition) is 4. The van der Waals surface area contributed by atoms with Gasteiger partial charge >= 0.3 is 12.0 Å². The van der Waals surface area contributed by atoms with E-state index in [1.165, 1.54) is 0 Å². The Morgan fingerprint density at radius 1 is 1.17 bits per heavy atom. The number of hydrogen-bond acceptors (Lipinski definition) is 4. The van der Waals surface area contributed by atoms with Crippen LogP contribution in [0, 0.1) is 0 Å². The SMILES string of the molecule is CSC1(CNC(=O)NCC(=O)NCC(=O)O)CC1. The second kappa shape index (κ2) is 6.48. The normalized spacial score (nSPS) is 15.6. The maximum absolute atomic E-state index is 11.3. The van der Waals surface area contributed by atoms with Crippen LogP contribution in [0.3, 0.4) is 0 Å². The summed E-state index contributed by atoms with van der Waals surface area (Å²) in [5.74, 6) is -1.65. The zero-order chi connectivity index (χ0) is 13.6. The average molecular weight is 275 g/mol. The highest BCUT2D eigenvalue weighted by atomic mass is 32.2. The lowest BCUT2D eigenvalue weighted by Gasteiger charge is -2.13. The van der Waals surface area contributed by atoms with Gasteiger partial charge in [-0.2, -0.15) is 11.8 Å². The van der Waals surface area contributed by atoms with Crippen molar-refractivity contribution in [1.29, 1.82) is 0 Å². The molecule has 0 aliphatic heterocycles. The van der Waals surface area contributed by atoms with E-state index in [0.717, 1.165) is 12.8 Å². The van der Waals surface area contributed by atoms with E-state index in [-0.39, 0.29) is 11.3 Å². The van der Waals surface area contributed by atoms with Crippen LogP contribution in [-0.2, 0) is 9.59 Å². The van der Waals surface area contributed by atoms with Crippen molar-refractivity contribution in [2.24, 2.45) is 0 Å². The summed E-state index contributed by atoms with van der Waals surface area (Å²) < 4.78 is 0.170. The quantitative estimate of drug-likeness (QED) is 0.495. The molecule has 1 fully saturated rings. The van der Waals surface area contributed by atoms with Crippen molar-refractivity contribution < 1.29 is 19.5 Å². The molecule has 1 saturated carbocycles. The van der Waals surface area contributed by atoms with Crippen LogP contribution >= 0.6 is 11.8 Å². The van der Waals surface area contributed by atoms with Crippen LogP contribution in [-0.4, -0.2) is 53.7 Å². The Labute approximate surface area is 109 Å². The molecule has 0 spiro atoms. The molecule has 7 nitrogen and oxygen atoms in total. The van der Waals surface area contributed by atoms with Crippen LogP contribution in [0.5, 0.6) is 0 Å². The van der Waals surface area contributed by atoms with Gasteiger partial charge in [0.1, 0.15) is 6.54 Å². The van der Waals surface area contributed by atoms with Gasteiger partial charge in [-0.05, 0) is 19.1 Å². The third kappa shape index (κ3) is 5.26. The molecular formula is C10H17N3O4S. The second-order valence-electron chi connectivity index (χ2n) is 4.09. The van der Waals surface area contributed by atoms with Crippen LogP contribution in [0.4, 0.5) is 4.79 Å². The molecule has 4 N–H and O–H groups in total. The first-order valence-electron chi connectivity index (χ1n) is 5.53. The molecule has 0 aromatic carbocycles. The smallest absolute Gasteiger partial charge is 0.322 e. The number of urea groups is 1. The topological polar surface area (TPSA) is 108 Å². The van der Waals surface area contributed by atoms with E-state index in [4.69, 9.17) is 5.11 Å². The van der Waals surface area contributed by atoms with Gasteiger partial charge in [-0.25, -0.2) is 4.79 Å². The van der Waals surface area contributed by atoms with Crippen molar-refractivity contribution in [3.63, 3.8) is 0 Å². The molecule has 8 heteroatoms. The molecular weight excluding hydrogens is 258 g/mol. The Balaban J connectivity index is 2.09. The van der Waals surface area contributed by atoms with Crippen molar-refractivity contribution in [3.8, 4) is 0 Å². The molecule has 0 radical (unpaired) electrons. The fraction of sp³-hybridized carbons (Fsp3) is 0.700. The number of thioether (sulfide) groups is 1. The molecule has 0 saturated heterocycles. The lowest BCUT2D eigenvalue weighted by molar-refractivity contribution is -0.137. The summed E-state index contributed by atoms with van der Waals surface area (Å²) >= 11 is 1.73. The molecule has 102 valence electrons. The predicted molar refractivity (Wildman–Crippen MR) is 67.5 cm³/mol. The van der Waals surface area contributed by atoms with Gasteiger partial charge in [0.05, 0.1) is 6.54 Å². The molecule has 1 aliphatic carbocycles. The fourth-order valence-corrected chi connectivity index (χ4v) is 2.02. The Bertz CT molecular complexity index is 344. The van der Waals surface area contributed by atoms with E-state index < -0.39 is 24.5 Å². The van der Waals surface area contributed by atoms with Gasteiger partial charge in [-0.3, -0.25) is 9.59 Å². The van der Waals surface area contributed by atoms with Gasteiger partial charge in [0.15, 0.2) is 0 Å². The summed E-state index contributed by atoms with van der Waals surface area (Å²) in [7, 11) is 0. The van der Waals surface area contributed by atoms with Crippen LogP contribution < -0.4 is 16.0 Å². The van der Waals surface area contributed by atoms with E-state index in [1.807, 2.05) is 6.26 Å². The highest BCUT2D eigenvalue weighted by Gasteiger charge is 2.41. The third-order valence-corrected chi connectivity index (χ3v) is 4.08. The van der Waals surface area contributed by atoms with Gasteiger partial charge in [0.25, 0.3) is 0 Å². The number of carboxylic acids is 1. The molecule has 18 heavy (non-hydrogen) atoms. The minimum absolute atomic E-state index is 0.170. The van der Waals surface area contributed by atoms with Gasteiger partial charge in [0, 0.05) is 11.3 Å². The van der Waals surface area contributed by atoms with Gasteiger partial charge in [-0.1, -0.05) is 0 Å². The highest BCUT2D eigenvalue weighted by molar-refractivity contribution is 8.00. The summed E-state index contributed by atoms with van der Waals surface area (Å²) in [4.78, 5) is 32.6. The summed E-state index contributed by atoms with van der Waals surface area (Å²) in [5, 5.41) is 15.5. The van der Waals surface area contributed by atoms with Crippen LogP contribution in [0.1, 0.15) is 12.8 Å². The molecule has 0 atom stereocenters. The standard InChI is InChI=1S/C10H17N3O4S/c1-18-10(2-3-10)6-13-9(17)12-4-7(14)11-5-8(15)16/h2-6H2,1H3,(H,11,14)(H,15,16)(H2,12,13,17). The fourth-order valence-electron chi connectivity index (χ4n) is 1.29. The summed E-state index contributed by atoms with van der Waals surface area (Å²) in [6.45, 7) is -0.0974. The first-order valence-corrected chi connectivity index (χ1v) is 6.75. The minimum Gasteiger partial charge on any atom is -0.480 e. The molecule has 0 unspecified atom stereocenters. The largest absolute Gasteiger partial charge is 0.480 e. The number of rotatable bonds is 7.